The van der Waals surface area contributed by atoms with Crippen LogP contribution in [0.5, 0.6) is 0 Å². The molecule has 0 spiro atoms. The van der Waals surface area contributed by atoms with Gasteiger partial charge in [-0.05, 0) is 42.5 Å². The first-order valence-electron chi connectivity index (χ1n) is 10.3. The zero-order chi connectivity index (χ0) is 20.1. The van der Waals surface area contributed by atoms with Gasteiger partial charge in [0.2, 0.25) is 0 Å². The van der Waals surface area contributed by atoms with Gasteiger partial charge in [0.15, 0.2) is 0 Å². The minimum absolute atomic E-state index is 0.0697. The highest BCUT2D eigenvalue weighted by atomic mass is 19.1. The highest BCUT2D eigenvalue weighted by molar-refractivity contribution is 5.92. The molecule has 1 aliphatic rings. The first-order valence-corrected chi connectivity index (χ1v) is 10.3. The Hall–Kier alpha value is -2.21. The van der Waals surface area contributed by atoms with Crippen LogP contribution >= 0.6 is 0 Å². The number of halogens is 1. The van der Waals surface area contributed by atoms with E-state index in [0.29, 0.717) is 18.2 Å². The first kappa shape index (κ1) is 20.5. The second-order valence-corrected chi connectivity index (χ2v) is 7.95. The number of amides is 1. The molecule has 1 aromatic carbocycles. The van der Waals surface area contributed by atoms with Gasteiger partial charge in [-0.3, -0.25) is 14.4 Å². The minimum Gasteiger partial charge on any atom is -0.336 e. The van der Waals surface area contributed by atoms with Crippen molar-refractivity contribution in [2.24, 2.45) is 5.92 Å². The molecule has 152 valence electrons. The van der Waals surface area contributed by atoms with E-state index in [0.717, 1.165) is 44.6 Å². The number of hydrogen-bond donors (Lipinski definition) is 0. The van der Waals surface area contributed by atoms with Gasteiger partial charge in [-0.25, -0.2) is 4.39 Å². The van der Waals surface area contributed by atoms with Crippen LogP contribution in [0.15, 0.2) is 36.5 Å². The van der Waals surface area contributed by atoms with Crippen LogP contribution in [0.25, 0.3) is 0 Å². The summed E-state index contributed by atoms with van der Waals surface area (Å²) in [4.78, 5) is 17.6. The Kier molecular flexibility index (Phi) is 6.83. The third-order valence-corrected chi connectivity index (χ3v) is 5.48. The number of aromatic nitrogens is 2. The van der Waals surface area contributed by atoms with Gasteiger partial charge in [0.1, 0.15) is 11.5 Å². The van der Waals surface area contributed by atoms with Gasteiger partial charge < -0.3 is 4.90 Å². The Morgan fingerprint density at radius 2 is 1.96 bits per heavy atom. The molecule has 1 fully saturated rings. The fourth-order valence-corrected chi connectivity index (χ4v) is 3.97. The molecule has 2 heterocycles. The number of carbonyl (C=O) groups excluding carboxylic acids is 1. The fourth-order valence-electron chi connectivity index (χ4n) is 3.97. The van der Waals surface area contributed by atoms with E-state index in [2.05, 4.69) is 30.8 Å². The van der Waals surface area contributed by atoms with E-state index in [1.807, 2.05) is 27.8 Å². The second kappa shape index (κ2) is 9.32. The van der Waals surface area contributed by atoms with E-state index in [9.17, 15) is 9.18 Å². The summed E-state index contributed by atoms with van der Waals surface area (Å²) in [7, 11) is 0. The maximum Gasteiger partial charge on any atom is 0.272 e. The molecule has 1 atom stereocenters. The topological polar surface area (TPSA) is 41.4 Å². The van der Waals surface area contributed by atoms with Crippen molar-refractivity contribution in [2.75, 3.05) is 19.6 Å². The van der Waals surface area contributed by atoms with Gasteiger partial charge in [-0.15, -0.1) is 0 Å². The van der Waals surface area contributed by atoms with Crippen LogP contribution in [0.4, 0.5) is 4.39 Å². The van der Waals surface area contributed by atoms with Crippen molar-refractivity contribution in [2.45, 2.75) is 52.7 Å². The summed E-state index contributed by atoms with van der Waals surface area (Å²) in [6, 6.07) is 8.82. The lowest BCUT2D eigenvalue weighted by Crippen LogP contribution is -2.45. The van der Waals surface area contributed by atoms with Crippen molar-refractivity contribution < 1.29 is 9.18 Å². The van der Waals surface area contributed by atoms with E-state index < -0.39 is 0 Å². The van der Waals surface area contributed by atoms with Gasteiger partial charge in [-0.2, -0.15) is 5.10 Å². The number of hydrogen-bond acceptors (Lipinski definition) is 3. The van der Waals surface area contributed by atoms with Crippen LogP contribution in [-0.4, -0.2) is 51.2 Å². The average Bonchev–Trinajstić information content (AvgIpc) is 3.02. The third kappa shape index (κ3) is 4.79. The summed E-state index contributed by atoms with van der Waals surface area (Å²) in [6.45, 7) is 10.4. The molecular formula is C22H31FN4O. The summed E-state index contributed by atoms with van der Waals surface area (Å²) in [6.07, 6.45) is 3.58. The number of rotatable bonds is 6. The van der Waals surface area contributed by atoms with E-state index in [-0.39, 0.29) is 17.8 Å². The molecule has 0 aliphatic carbocycles. The Balaban J connectivity index is 1.75. The standard InChI is InChI=1S/C22H31FN4O/c1-4-12-27-20(10-11-24-27)22(28)26-14-5-13-25(21(16-26)17(2)3)15-18-6-8-19(23)9-7-18/h6-11,17,21H,4-5,12-16H2,1-3H3/t21-/m1/s1. The molecule has 6 heteroatoms. The Labute approximate surface area is 167 Å². The highest BCUT2D eigenvalue weighted by Crippen LogP contribution is 2.21. The van der Waals surface area contributed by atoms with Crippen molar-refractivity contribution >= 4 is 5.91 Å². The predicted molar refractivity (Wildman–Crippen MR) is 108 cm³/mol. The molecule has 1 amide bonds. The van der Waals surface area contributed by atoms with Crippen molar-refractivity contribution in [3.8, 4) is 0 Å². The molecule has 0 bridgehead atoms. The maximum absolute atomic E-state index is 13.2. The van der Waals surface area contributed by atoms with Crippen LogP contribution in [-0.2, 0) is 13.1 Å². The first-order chi connectivity index (χ1) is 13.5. The molecule has 0 unspecified atom stereocenters. The summed E-state index contributed by atoms with van der Waals surface area (Å²) in [5.74, 6) is 0.273. The van der Waals surface area contributed by atoms with Crippen LogP contribution in [0.1, 0.15) is 49.7 Å². The Morgan fingerprint density at radius 3 is 2.64 bits per heavy atom. The van der Waals surface area contributed by atoms with E-state index in [1.54, 1.807) is 6.20 Å². The number of nitrogens with zero attached hydrogens (tertiary/aromatic N) is 4. The molecule has 1 aromatic heterocycles. The summed E-state index contributed by atoms with van der Waals surface area (Å²) in [5, 5.41) is 4.31. The summed E-state index contributed by atoms with van der Waals surface area (Å²) < 4.78 is 15.0. The number of aryl methyl sites for hydroxylation is 1. The molecule has 0 saturated carbocycles. The molecule has 28 heavy (non-hydrogen) atoms. The predicted octanol–water partition coefficient (Wildman–Crippen LogP) is 3.80. The highest BCUT2D eigenvalue weighted by Gasteiger charge is 2.30. The lowest BCUT2D eigenvalue weighted by atomic mass is 10.0. The van der Waals surface area contributed by atoms with Crippen molar-refractivity contribution in [3.05, 3.63) is 53.6 Å². The average molecular weight is 387 g/mol. The Morgan fingerprint density at radius 1 is 1.21 bits per heavy atom. The smallest absolute Gasteiger partial charge is 0.272 e. The number of benzene rings is 1. The van der Waals surface area contributed by atoms with Crippen LogP contribution in [0, 0.1) is 11.7 Å². The molecule has 1 aliphatic heterocycles. The molecule has 2 aromatic rings. The third-order valence-electron chi connectivity index (χ3n) is 5.48. The van der Waals surface area contributed by atoms with E-state index in [4.69, 9.17) is 0 Å². The SMILES string of the molecule is CCCn1nccc1C(=O)N1CCCN(Cc2ccc(F)cc2)[C@@H](C(C)C)C1. The monoisotopic (exact) mass is 386 g/mol. The zero-order valence-electron chi connectivity index (χ0n) is 17.1. The molecule has 0 N–H and O–H groups in total. The lowest BCUT2D eigenvalue weighted by Gasteiger charge is -2.34. The molecule has 1 saturated heterocycles. The van der Waals surface area contributed by atoms with Gasteiger partial charge in [0.25, 0.3) is 5.91 Å². The summed E-state index contributed by atoms with van der Waals surface area (Å²) in [5.41, 5.74) is 1.78. The zero-order valence-corrected chi connectivity index (χ0v) is 17.1. The number of carbonyl (C=O) groups is 1. The van der Waals surface area contributed by atoms with Crippen LogP contribution < -0.4 is 0 Å². The minimum atomic E-state index is -0.208. The van der Waals surface area contributed by atoms with Crippen LogP contribution in [0.3, 0.4) is 0 Å². The van der Waals surface area contributed by atoms with Crippen molar-refractivity contribution in [3.63, 3.8) is 0 Å². The lowest BCUT2D eigenvalue weighted by molar-refractivity contribution is 0.0690. The Bertz CT molecular complexity index is 771. The normalized spacial score (nSPS) is 18.5. The van der Waals surface area contributed by atoms with E-state index in [1.165, 1.54) is 12.1 Å². The molecule has 3 rings (SSSR count). The van der Waals surface area contributed by atoms with Gasteiger partial charge >= 0.3 is 0 Å². The molecule has 0 radical (unpaired) electrons. The van der Waals surface area contributed by atoms with Gasteiger partial charge in [-0.1, -0.05) is 32.9 Å². The van der Waals surface area contributed by atoms with E-state index >= 15 is 0 Å². The van der Waals surface area contributed by atoms with Crippen LogP contribution in [0.2, 0.25) is 0 Å². The molecular weight excluding hydrogens is 355 g/mol. The maximum atomic E-state index is 13.2. The van der Waals surface area contributed by atoms with Crippen molar-refractivity contribution in [1.82, 2.24) is 19.6 Å². The van der Waals surface area contributed by atoms with Crippen molar-refractivity contribution in [1.29, 1.82) is 0 Å². The fraction of sp³-hybridized carbons (Fsp3) is 0.545. The summed E-state index contributed by atoms with van der Waals surface area (Å²) >= 11 is 0. The largest absolute Gasteiger partial charge is 0.336 e. The van der Waals surface area contributed by atoms with Gasteiger partial charge in [0, 0.05) is 45.0 Å². The van der Waals surface area contributed by atoms with Gasteiger partial charge in [0.05, 0.1) is 0 Å². The quantitative estimate of drug-likeness (QED) is 0.758. The molecule has 5 nitrogen and oxygen atoms in total. The second-order valence-electron chi connectivity index (χ2n) is 7.95.